The topological polar surface area (TPSA) is 77.0 Å². The van der Waals surface area contributed by atoms with Gasteiger partial charge in [-0.3, -0.25) is 4.99 Å². The highest BCUT2D eigenvalue weighted by atomic mass is 16.5. The highest BCUT2D eigenvalue weighted by Gasteiger charge is 2.68. The predicted molar refractivity (Wildman–Crippen MR) is 142 cm³/mol. The lowest BCUT2D eigenvalue weighted by Crippen LogP contribution is -2.52. The maximum Gasteiger partial charge on any atom is 0.340 e. The Morgan fingerprint density at radius 2 is 2.08 bits per heavy atom. The van der Waals surface area contributed by atoms with Crippen LogP contribution in [-0.2, 0) is 19.1 Å². The molecular weight excluding hydrogens is 464 g/mol. The molecule has 7 rings (SSSR count). The Morgan fingerprint density at radius 3 is 2.84 bits per heavy atom. The zero-order valence-corrected chi connectivity index (χ0v) is 22.3. The van der Waals surface area contributed by atoms with E-state index in [2.05, 4.69) is 42.4 Å². The van der Waals surface area contributed by atoms with Crippen LogP contribution in [0.15, 0.2) is 62.6 Å². The Hall–Kier alpha value is -2.73. The van der Waals surface area contributed by atoms with Crippen LogP contribution in [0.5, 0.6) is 0 Å². The monoisotopic (exact) mass is 502 g/mol. The number of carbonyl (C=O) groups is 2. The van der Waals surface area contributed by atoms with E-state index in [-0.39, 0.29) is 23.8 Å². The SMILES string of the molecule is CCCC=C1OC(=O)C2=C1CCC1C3CCC4(C(=CCC(C)CNC)OC(=O)C4=C3CC3=CCN=C3)C21. The van der Waals surface area contributed by atoms with Crippen LogP contribution in [-0.4, -0.2) is 38.3 Å². The van der Waals surface area contributed by atoms with Gasteiger partial charge in [-0.15, -0.1) is 0 Å². The molecule has 5 unspecified atom stereocenters. The lowest BCUT2D eigenvalue weighted by atomic mass is 9.44. The number of esters is 2. The molecule has 4 aliphatic carbocycles. The van der Waals surface area contributed by atoms with Crippen molar-refractivity contribution in [2.75, 3.05) is 20.1 Å². The van der Waals surface area contributed by atoms with E-state index in [0.717, 1.165) is 86.1 Å². The first-order chi connectivity index (χ1) is 18.0. The summed E-state index contributed by atoms with van der Waals surface area (Å²) in [5.41, 5.74) is 4.61. The minimum Gasteiger partial charge on any atom is -0.427 e. The summed E-state index contributed by atoms with van der Waals surface area (Å²) in [7, 11) is 1.96. The van der Waals surface area contributed by atoms with E-state index in [1.54, 1.807) is 0 Å². The van der Waals surface area contributed by atoms with Crippen LogP contribution in [0.25, 0.3) is 0 Å². The summed E-state index contributed by atoms with van der Waals surface area (Å²) in [5, 5.41) is 3.25. The fourth-order valence-corrected chi connectivity index (χ4v) is 8.03. The second-order valence-electron chi connectivity index (χ2n) is 11.6. The van der Waals surface area contributed by atoms with Crippen LogP contribution in [0.1, 0.15) is 65.2 Å². The fourth-order valence-electron chi connectivity index (χ4n) is 8.03. The number of fused-ring (bicyclic) bond motifs is 1. The fraction of sp³-hybridized carbons (Fsp3) is 0.581. The van der Waals surface area contributed by atoms with Crippen LogP contribution < -0.4 is 5.32 Å². The largest absolute Gasteiger partial charge is 0.427 e. The molecule has 1 saturated heterocycles. The van der Waals surface area contributed by atoms with Crippen molar-refractivity contribution in [2.45, 2.75) is 65.2 Å². The molecule has 6 nitrogen and oxygen atoms in total. The molecule has 2 fully saturated rings. The van der Waals surface area contributed by atoms with Crippen molar-refractivity contribution in [3.8, 4) is 0 Å². The Balaban J connectivity index is 1.51. The molecule has 196 valence electrons. The van der Waals surface area contributed by atoms with Crippen molar-refractivity contribution in [1.29, 1.82) is 0 Å². The summed E-state index contributed by atoms with van der Waals surface area (Å²) in [4.78, 5) is 31.6. The summed E-state index contributed by atoms with van der Waals surface area (Å²) < 4.78 is 12.1. The van der Waals surface area contributed by atoms with Crippen LogP contribution in [0.3, 0.4) is 0 Å². The molecule has 7 aliphatic rings. The van der Waals surface area contributed by atoms with Gasteiger partial charge in [0.15, 0.2) is 0 Å². The van der Waals surface area contributed by atoms with Gasteiger partial charge >= 0.3 is 11.9 Å². The van der Waals surface area contributed by atoms with Gasteiger partial charge in [0.25, 0.3) is 0 Å². The number of nitrogens with zero attached hydrogens (tertiary/aromatic N) is 1. The first-order valence-electron chi connectivity index (χ1n) is 14.1. The number of carbonyl (C=O) groups excluding carboxylic acids is 2. The summed E-state index contributed by atoms with van der Waals surface area (Å²) in [6.45, 7) is 5.95. The van der Waals surface area contributed by atoms with Crippen molar-refractivity contribution in [3.63, 3.8) is 0 Å². The van der Waals surface area contributed by atoms with Crippen molar-refractivity contribution in [1.82, 2.24) is 5.32 Å². The molecule has 0 aromatic carbocycles. The number of aliphatic imine (C=N–C) groups is 1. The quantitative estimate of drug-likeness (QED) is 0.453. The smallest absolute Gasteiger partial charge is 0.340 e. The zero-order chi connectivity index (χ0) is 25.7. The van der Waals surface area contributed by atoms with Crippen LogP contribution in [0, 0.1) is 29.1 Å². The van der Waals surface area contributed by atoms with E-state index >= 15 is 0 Å². The van der Waals surface area contributed by atoms with Crippen LogP contribution in [0.2, 0.25) is 0 Å². The molecule has 0 aromatic rings. The molecule has 37 heavy (non-hydrogen) atoms. The maximum absolute atomic E-state index is 13.7. The first kappa shape index (κ1) is 24.6. The number of ether oxygens (including phenoxy) is 2. The number of nitrogens with one attached hydrogen (secondary N) is 1. The number of cyclic esters (lactones) is 2. The Morgan fingerprint density at radius 1 is 1.22 bits per heavy atom. The van der Waals surface area contributed by atoms with Gasteiger partial charge in [0.05, 0.1) is 17.5 Å². The summed E-state index contributed by atoms with van der Waals surface area (Å²) in [6.07, 6.45) is 15.6. The summed E-state index contributed by atoms with van der Waals surface area (Å²) in [5.74, 6) is 2.09. The minimum atomic E-state index is -0.568. The normalized spacial score (nSPS) is 34.7. The number of hydrogen-bond donors (Lipinski definition) is 1. The number of allylic oxidation sites excluding steroid dienone is 6. The highest BCUT2D eigenvalue weighted by Crippen LogP contribution is 2.70. The Labute approximate surface area is 219 Å². The van der Waals surface area contributed by atoms with Gasteiger partial charge in [0.2, 0.25) is 0 Å². The third kappa shape index (κ3) is 3.74. The van der Waals surface area contributed by atoms with E-state index < -0.39 is 5.41 Å². The number of rotatable bonds is 8. The van der Waals surface area contributed by atoms with Gasteiger partial charge in [-0.2, -0.15) is 0 Å². The van der Waals surface area contributed by atoms with Gasteiger partial charge in [0.1, 0.15) is 11.5 Å². The van der Waals surface area contributed by atoms with E-state index in [0.29, 0.717) is 18.4 Å². The van der Waals surface area contributed by atoms with Crippen molar-refractivity contribution >= 4 is 18.2 Å². The van der Waals surface area contributed by atoms with E-state index in [1.807, 2.05) is 13.3 Å². The third-order valence-electron chi connectivity index (χ3n) is 9.46. The molecule has 3 aliphatic heterocycles. The standard InChI is InChI=1S/C31H38N2O4/c1-4-5-6-24-22-9-8-21-20-11-13-31(27(21)26(22)29(34)36-24)25(10-7-18(2)16-32-3)37-30(35)28(31)23(20)15-19-12-14-33-17-19/h6,10,12,17-18,20-21,27,32H,4-5,7-9,11,13-16H2,1-3H3. The molecule has 0 amide bonds. The summed E-state index contributed by atoms with van der Waals surface area (Å²) in [6, 6.07) is 0. The Kier molecular flexibility index (Phi) is 6.34. The molecule has 0 radical (unpaired) electrons. The van der Waals surface area contributed by atoms with Gasteiger partial charge in [0, 0.05) is 23.3 Å². The second kappa shape index (κ2) is 9.54. The van der Waals surface area contributed by atoms with Gasteiger partial charge in [-0.1, -0.05) is 31.9 Å². The predicted octanol–water partition coefficient (Wildman–Crippen LogP) is 5.34. The van der Waals surface area contributed by atoms with Crippen molar-refractivity contribution < 1.29 is 19.1 Å². The van der Waals surface area contributed by atoms with Gasteiger partial charge in [-0.05, 0) is 94.0 Å². The molecule has 1 spiro atoms. The molecule has 5 atom stereocenters. The molecule has 1 saturated carbocycles. The van der Waals surface area contributed by atoms with Crippen LogP contribution in [0.4, 0.5) is 0 Å². The third-order valence-corrected chi connectivity index (χ3v) is 9.46. The molecule has 2 bridgehead atoms. The molecular formula is C31H38N2O4. The zero-order valence-electron chi connectivity index (χ0n) is 22.3. The van der Waals surface area contributed by atoms with Crippen molar-refractivity contribution in [2.24, 2.45) is 34.1 Å². The number of unbranched alkanes of at least 4 members (excludes halogenated alkanes) is 1. The van der Waals surface area contributed by atoms with E-state index in [1.165, 1.54) is 11.1 Å². The molecule has 0 aromatic heterocycles. The van der Waals surface area contributed by atoms with Gasteiger partial charge < -0.3 is 14.8 Å². The average molecular weight is 503 g/mol. The van der Waals surface area contributed by atoms with E-state index in [9.17, 15) is 9.59 Å². The van der Waals surface area contributed by atoms with E-state index in [4.69, 9.17) is 9.47 Å². The lowest BCUT2D eigenvalue weighted by Gasteiger charge is -2.56. The van der Waals surface area contributed by atoms with Crippen molar-refractivity contribution in [3.05, 3.63) is 57.6 Å². The van der Waals surface area contributed by atoms with Crippen LogP contribution >= 0.6 is 0 Å². The minimum absolute atomic E-state index is 0.0580. The average Bonchev–Trinajstić information content (AvgIpc) is 3.59. The lowest BCUT2D eigenvalue weighted by molar-refractivity contribution is -0.135. The second-order valence-corrected chi connectivity index (χ2v) is 11.6. The summed E-state index contributed by atoms with van der Waals surface area (Å²) >= 11 is 0. The van der Waals surface area contributed by atoms with Gasteiger partial charge in [-0.25, -0.2) is 9.59 Å². The molecule has 1 N–H and O–H groups in total. The Bertz CT molecular complexity index is 1220. The maximum atomic E-state index is 13.7. The first-order valence-corrected chi connectivity index (χ1v) is 14.1. The number of hydrogen-bond acceptors (Lipinski definition) is 6. The highest BCUT2D eigenvalue weighted by molar-refractivity contribution is 6.00. The molecule has 3 heterocycles. The molecule has 6 heteroatoms.